The maximum Gasteiger partial charge on any atom is 0.184 e. The van der Waals surface area contributed by atoms with Gasteiger partial charge in [-0.1, -0.05) is 6.07 Å². The molecule has 2 aliphatic rings. The van der Waals surface area contributed by atoms with Crippen molar-refractivity contribution in [3.63, 3.8) is 0 Å². The summed E-state index contributed by atoms with van der Waals surface area (Å²) < 4.78 is 5.77. The molecule has 3 nitrogen and oxygen atoms in total. The van der Waals surface area contributed by atoms with Gasteiger partial charge in [-0.2, -0.15) is 0 Å². The third-order valence-electron chi connectivity index (χ3n) is 3.90. The van der Waals surface area contributed by atoms with E-state index in [2.05, 4.69) is 4.98 Å². The summed E-state index contributed by atoms with van der Waals surface area (Å²) in [6.45, 7) is 1.95. The Morgan fingerprint density at radius 3 is 2.71 bits per heavy atom. The second kappa shape index (κ2) is 4.22. The molecule has 1 aromatic heterocycles. The van der Waals surface area contributed by atoms with Crippen molar-refractivity contribution in [2.24, 2.45) is 5.92 Å². The van der Waals surface area contributed by atoms with Crippen molar-refractivity contribution in [2.75, 3.05) is 0 Å². The molecule has 90 valence electrons. The number of pyridine rings is 1. The summed E-state index contributed by atoms with van der Waals surface area (Å²) in [6, 6.07) is 3.83. The molecule has 3 rings (SSSR count). The average molecular weight is 231 g/mol. The number of aryl methyl sites for hydroxylation is 1. The van der Waals surface area contributed by atoms with E-state index in [1.165, 1.54) is 0 Å². The van der Waals surface area contributed by atoms with Crippen LogP contribution in [0, 0.1) is 12.8 Å². The molecule has 0 amide bonds. The number of fused-ring (bicyclic) bond motifs is 2. The predicted molar refractivity (Wildman–Crippen MR) is 63.9 cm³/mol. The number of hydrogen-bond donors (Lipinski definition) is 0. The highest BCUT2D eigenvalue weighted by Crippen LogP contribution is 2.37. The first-order chi connectivity index (χ1) is 8.24. The highest BCUT2D eigenvalue weighted by Gasteiger charge is 2.38. The summed E-state index contributed by atoms with van der Waals surface area (Å²) in [5.74, 6) is 0.332. The first kappa shape index (κ1) is 10.9. The van der Waals surface area contributed by atoms with Crippen LogP contribution in [0.2, 0.25) is 0 Å². The van der Waals surface area contributed by atoms with Crippen molar-refractivity contribution in [2.45, 2.75) is 44.8 Å². The maximum atomic E-state index is 12.4. The van der Waals surface area contributed by atoms with Crippen LogP contribution in [-0.4, -0.2) is 23.0 Å². The molecule has 2 fully saturated rings. The van der Waals surface area contributed by atoms with Gasteiger partial charge in [-0.15, -0.1) is 0 Å². The lowest BCUT2D eigenvalue weighted by atomic mass is 9.89. The molecular formula is C14H17NO2. The number of ketones is 1. The zero-order valence-electron chi connectivity index (χ0n) is 10.1. The molecule has 17 heavy (non-hydrogen) atoms. The molecule has 2 atom stereocenters. The maximum absolute atomic E-state index is 12.4. The summed E-state index contributed by atoms with van der Waals surface area (Å²) >= 11 is 0. The third kappa shape index (κ3) is 2.00. The van der Waals surface area contributed by atoms with E-state index in [9.17, 15) is 4.79 Å². The first-order valence-electron chi connectivity index (χ1n) is 6.35. The number of aromatic nitrogens is 1. The topological polar surface area (TPSA) is 39.2 Å². The van der Waals surface area contributed by atoms with Gasteiger partial charge >= 0.3 is 0 Å². The lowest BCUT2D eigenvalue weighted by Gasteiger charge is -2.27. The second-order valence-corrected chi connectivity index (χ2v) is 5.16. The molecule has 3 heterocycles. The molecule has 1 aromatic rings. The van der Waals surface area contributed by atoms with Gasteiger partial charge in [0.2, 0.25) is 0 Å². The number of nitrogens with zero attached hydrogens (tertiary/aromatic N) is 1. The zero-order valence-corrected chi connectivity index (χ0v) is 10.1. The molecule has 0 radical (unpaired) electrons. The van der Waals surface area contributed by atoms with E-state index in [0.717, 1.165) is 31.2 Å². The van der Waals surface area contributed by atoms with E-state index in [1.54, 1.807) is 6.20 Å². The fourth-order valence-corrected chi connectivity index (χ4v) is 3.01. The minimum atomic E-state index is 0.120. The van der Waals surface area contributed by atoms with Gasteiger partial charge in [0, 0.05) is 12.1 Å². The van der Waals surface area contributed by atoms with Gasteiger partial charge in [0.1, 0.15) is 5.69 Å². The van der Waals surface area contributed by atoms with E-state index < -0.39 is 0 Å². The third-order valence-corrected chi connectivity index (χ3v) is 3.90. The Morgan fingerprint density at radius 1 is 1.35 bits per heavy atom. The van der Waals surface area contributed by atoms with Crippen molar-refractivity contribution < 1.29 is 9.53 Å². The Labute approximate surface area is 101 Å². The van der Waals surface area contributed by atoms with Gasteiger partial charge in [0.05, 0.1) is 12.2 Å². The Balaban J connectivity index is 1.81. The van der Waals surface area contributed by atoms with Crippen LogP contribution in [0.1, 0.15) is 41.7 Å². The fraction of sp³-hybridized carbons (Fsp3) is 0.571. The number of ether oxygens (including phenoxy) is 1. The van der Waals surface area contributed by atoms with Crippen LogP contribution in [0.4, 0.5) is 0 Å². The molecule has 0 aromatic carbocycles. The van der Waals surface area contributed by atoms with Gasteiger partial charge in [-0.25, -0.2) is 0 Å². The lowest BCUT2D eigenvalue weighted by molar-refractivity contribution is -0.0150. The number of carbonyl (C=O) groups is 1. The van der Waals surface area contributed by atoms with Gasteiger partial charge in [-0.3, -0.25) is 9.78 Å². The summed E-state index contributed by atoms with van der Waals surface area (Å²) in [5.41, 5.74) is 1.63. The van der Waals surface area contributed by atoms with E-state index in [4.69, 9.17) is 4.74 Å². The fourth-order valence-electron chi connectivity index (χ4n) is 3.01. The Hall–Kier alpha value is -1.22. The van der Waals surface area contributed by atoms with Crippen LogP contribution in [0.3, 0.4) is 0 Å². The lowest BCUT2D eigenvalue weighted by Crippen LogP contribution is -2.30. The molecule has 2 aliphatic heterocycles. The Bertz CT molecular complexity index is 432. The van der Waals surface area contributed by atoms with E-state index in [-0.39, 0.29) is 11.7 Å². The van der Waals surface area contributed by atoms with Crippen LogP contribution in [0.15, 0.2) is 18.3 Å². The standard InChI is InChI=1S/C14H17NO2/c1-9-3-2-6-15-13(9)14(16)10-7-11-4-5-12(8-10)17-11/h2-3,6,10-12H,4-5,7-8H2,1H3. The number of carbonyl (C=O) groups excluding carboxylic acids is 1. The molecule has 2 saturated heterocycles. The average Bonchev–Trinajstić information content (AvgIpc) is 2.68. The van der Waals surface area contributed by atoms with Gasteiger partial charge < -0.3 is 4.74 Å². The Kier molecular flexibility index (Phi) is 2.71. The minimum absolute atomic E-state index is 0.120. The highest BCUT2D eigenvalue weighted by molar-refractivity contribution is 5.97. The van der Waals surface area contributed by atoms with Crippen molar-refractivity contribution in [1.29, 1.82) is 0 Å². The minimum Gasteiger partial charge on any atom is -0.375 e. The predicted octanol–water partition coefficient (Wildman–Crippen LogP) is 2.53. The molecular weight excluding hydrogens is 214 g/mol. The quantitative estimate of drug-likeness (QED) is 0.734. The first-order valence-corrected chi connectivity index (χ1v) is 6.35. The van der Waals surface area contributed by atoms with Gasteiger partial charge in [0.25, 0.3) is 0 Å². The number of hydrogen-bond acceptors (Lipinski definition) is 3. The van der Waals surface area contributed by atoms with Crippen molar-refractivity contribution in [3.8, 4) is 0 Å². The second-order valence-electron chi connectivity index (χ2n) is 5.16. The van der Waals surface area contributed by atoms with Crippen LogP contribution in [-0.2, 0) is 4.74 Å². The highest BCUT2D eigenvalue weighted by atomic mass is 16.5. The monoisotopic (exact) mass is 231 g/mol. The van der Waals surface area contributed by atoms with Crippen LogP contribution in [0.25, 0.3) is 0 Å². The SMILES string of the molecule is Cc1cccnc1C(=O)C1CC2CCC(C1)O2. The van der Waals surface area contributed by atoms with Crippen molar-refractivity contribution in [3.05, 3.63) is 29.6 Å². The summed E-state index contributed by atoms with van der Waals surface area (Å²) in [5, 5.41) is 0. The molecule has 3 heteroatoms. The van der Waals surface area contributed by atoms with Crippen LogP contribution in [0.5, 0.6) is 0 Å². The molecule has 0 aliphatic carbocycles. The summed E-state index contributed by atoms with van der Waals surface area (Å²) in [6.07, 6.45) is 6.33. The number of Topliss-reactive ketones (excluding diaryl/α,β-unsaturated/α-hetero) is 1. The van der Waals surface area contributed by atoms with Gasteiger partial charge in [-0.05, 0) is 44.2 Å². The smallest absolute Gasteiger partial charge is 0.184 e. The Morgan fingerprint density at radius 2 is 2.06 bits per heavy atom. The van der Waals surface area contributed by atoms with Crippen molar-refractivity contribution in [1.82, 2.24) is 4.98 Å². The number of rotatable bonds is 2. The molecule has 2 unspecified atom stereocenters. The zero-order chi connectivity index (χ0) is 11.8. The molecule has 2 bridgehead atoms. The normalized spacial score (nSPS) is 31.5. The van der Waals surface area contributed by atoms with E-state index in [1.807, 2.05) is 19.1 Å². The molecule has 0 N–H and O–H groups in total. The molecule has 0 saturated carbocycles. The largest absolute Gasteiger partial charge is 0.375 e. The van der Waals surface area contributed by atoms with E-state index >= 15 is 0 Å². The van der Waals surface area contributed by atoms with E-state index in [0.29, 0.717) is 17.9 Å². The van der Waals surface area contributed by atoms with Crippen LogP contribution >= 0.6 is 0 Å². The summed E-state index contributed by atoms with van der Waals surface area (Å²) in [4.78, 5) is 16.7. The van der Waals surface area contributed by atoms with Gasteiger partial charge in [0.15, 0.2) is 5.78 Å². The van der Waals surface area contributed by atoms with Crippen LogP contribution < -0.4 is 0 Å². The van der Waals surface area contributed by atoms with Crippen molar-refractivity contribution >= 4 is 5.78 Å². The molecule has 0 spiro atoms. The summed E-state index contributed by atoms with van der Waals surface area (Å²) in [7, 11) is 0.